The first-order valence-corrected chi connectivity index (χ1v) is 17.7. The topological polar surface area (TPSA) is 0 Å². The molecule has 0 atom stereocenters. The van der Waals surface area contributed by atoms with Gasteiger partial charge in [-0.15, -0.1) is 0 Å². The molecule has 2 fully saturated rings. The molecule has 2 aliphatic carbocycles. The normalized spacial score (nSPS) is 21.2. The number of hydrogen-bond acceptors (Lipinski definition) is 0. The number of rotatable bonds is 0. The summed E-state index contributed by atoms with van der Waals surface area (Å²) in [6, 6.07) is 0. The molecule has 0 aliphatic heterocycles. The zero-order valence-corrected chi connectivity index (χ0v) is 28.9. The molecule has 2 aliphatic rings. The minimum absolute atomic E-state index is 1.47. The van der Waals surface area contributed by atoms with Crippen LogP contribution >= 0.6 is 19.4 Å². The second-order valence-electron chi connectivity index (χ2n) is 6.25. The average Bonchev–Trinajstić information content (AvgIpc) is 3.04. The average molecular weight is 829 g/mol. The van der Waals surface area contributed by atoms with Gasteiger partial charge in [-0.05, 0) is 59.2 Å². The van der Waals surface area contributed by atoms with E-state index in [-0.39, 0.29) is 0 Å². The van der Waals surface area contributed by atoms with Crippen LogP contribution in [0.2, 0.25) is 9.94 Å². The molecule has 166 valence electrons. The van der Waals surface area contributed by atoms with Crippen LogP contribution in [0.1, 0.15) is 69.2 Å². The molecule has 0 bridgehead atoms. The van der Waals surface area contributed by atoms with Crippen LogP contribution in [0.15, 0.2) is 0 Å². The first kappa shape index (κ1) is 38.7. The van der Waals surface area contributed by atoms with Crippen LogP contribution in [0.3, 0.4) is 0 Å². The van der Waals surface area contributed by atoms with Gasteiger partial charge in [0.25, 0.3) is 0 Å². The molecule has 2 rings (SSSR count). The summed E-state index contributed by atoms with van der Waals surface area (Å²) in [5.41, 5.74) is 0. The minimum atomic E-state index is 1.47. The van der Waals surface area contributed by atoms with Crippen molar-refractivity contribution in [2.45, 2.75) is 79.2 Å². The van der Waals surface area contributed by atoms with Crippen LogP contribution < -0.4 is 0 Å². The van der Waals surface area contributed by atoms with E-state index in [1.165, 1.54) is 59.2 Å². The fourth-order valence-electron chi connectivity index (χ4n) is 2.81. The summed E-state index contributed by atoms with van der Waals surface area (Å²) >= 11 is 7.54. The van der Waals surface area contributed by atoms with E-state index < -0.39 is 0 Å². The Morgan fingerprint density at radius 3 is 0.393 bits per heavy atom. The molecule has 0 N–H and O–H groups in total. The van der Waals surface area contributed by atoms with Crippen molar-refractivity contribution in [3.63, 3.8) is 0 Å². The summed E-state index contributed by atoms with van der Waals surface area (Å²) in [4.78, 5) is 4.02. The summed E-state index contributed by atoms with van der Waals surface area (Å²) in [7, 11) is 9.14. The summed E-state index contributed by atoms with van der Waals surface area (Å²) in [6.45, 7) is 22.0. The van der Waals surface area contributed by atoms with E-state index >= 15 is 0 Å². The third-order valence-corrected chi connectivity index (χ3v) is 5.62. The van der Waals surface area contributed by atoms with E-state index in [1.807, 2.05) is 89.2 Å². The van der Waals surface area contributed by atoms with Crippen LogP contribution in [0.4, 0.5) is 0 Å². The predicted molar refractivity (Wildman–Crippen MR) is 124 cm³/mol. The molecule has 28 heavy (non-hydrogen) atoms. The van der Waals surface area contributed by atoms with Gasteiger partial charge in [0.2, 0.25) is 0 Å². The molecule has 0 nitrogen and oxygen atoms in total. The molecule has 12 radical (unpaired) electrons. The summed E-state index contributed by atoms with van der Waals surface area (Å²) in [5, 5.41) is 0. The molecule has 0 heterocycles. The van der Waals surface area contributed by atoms with Crippen LogP contribution in [0.25, 0.3) is 0 Å². The molecule has 6 heteroatoms. The van der Waals surface area contributed by atoms with E-state index in [2.05, 4.69) is 88.6 Å². The van der Waals surface area contributed by atoms with Gasteiger partial charge in [0.05, 0.1) is 0 Å². The van der Waals surface area contributed by atoms with Crippen LogP contribution in [-0.4, -0.2) is 44.6 Å². The van der Waals surface area contributed by atoms with Crippen molar-refractivity contribution in [3.8, 4) is 0 Å². The van der Waals surface area contributed by atoms with Crippen molar-refractivity contribution in [1.29, 1.82) is 0 Å². The maximum atomic E-state index is 4.57. The first-order valence-electron chi connectivity index (χ1n) is 8.58. The van der Waals surface area contributed by atoms with Crippen LogP contribution in [0.5, 0.6) is 0 Å². The van der Waals surface area contributed by atoms with Gasteiger partial charge in [0.1, 0.15) is 0 Å². The maximum absolute atomic E-state index is 4.57. The number of halogens is 2. The van der Waals surface area contributed by atoms with E-state index in [0.717, 1.165) is 0 Å². The van der Waals surface area contributed by atoms with Crippen molar-refractivity contribution in [2.75, 3.05) is 0 Å². The van der Waals surface area contributed by atoms with Gasteiger partial charge in [-0.1, -0.05) is 69.2 Å². The molecule has 0 unspecified atom stereocenters. The third-order valence-electron chi connectivity index (χ3n) is 5.62. The Balaban J connectivity index is -0.000000152. The van der Waals surface area contributed by atoms with Crippen molar-refractivity contribution in [1.82, 2.24) is 0 Å². The molecule has 0 amide bonds. The van der Waals surface area contributed by atoms with Gasteiger partial charge in [-0.2, -0.15) is 0 Å². The van der Waals surface area contributed by atoms with Gasteiger partial charge >= 0.3 is 109 Å². The Hall–Kier alpha value is 3.41. The van der Waals surface area contributed by atoms with Crippen molar-refractivity contribution < 1.29 is 34.6 Å². The van der Waals surface area contributed by atoms with Gasteiger partial charge < -0.3 is 0 Å². The molecule has 0 aromatic carbocycles. The molecule has 0 aromatic heterocycles. The van der Waals surface area contributed by atoms with Crippen molar-refractivity contribution >= 4 is 64.0 Å². The van der Waals surface area contributed by atoms with E-state index in [9.17, 15) is 0 Å². The summed E-state index contributed by atoms with van der Waals surface area (Å²) in [5.74, 6) is 14.7. The van der Waals surface area contributed by atoms with Gasteiger partial charge in [0.15, 0.2) is 0 Å². The van der Waals surface area contributed by atoms with Crippen LogP contribution in [0, 0.1) is 59.2 Å². The second-order valence-corrected chi connectivity index (χ2v) is 6.25. The Labute approximate surface area is 234 Å². The standard InChI is InChI=1S/2C10H15.2CH3Te.2ClH.2Ru/c2*1-6-7(2)9(4)10(5)8(6)3;2*1-2;;;;/h2*1-5H3;2*1H3;2*1H;;/q;;;;;;2*+1/p-2. The fourth-order valence-corrected chi connectivity index (χ4v) is 2.81. The SMILES string of the molecule is C[C]1[C](C)[C](C)[C](C)[C]1C.C[C]1[C](C)[C](C)[C](C)[C]1C.C[Te].C[Te].[Cl][Ru].[Cl][Ru]. The molecular weight excluding hydrogens is 792 g/mol. The Bertz CT molecular complexity index is 205. The van der Waals surface area contributed by atoms with Crippen LogP contribution in [-0.2, 0) is 34.6 Å². The van der Waals surface area contributed by atoms with Gasteiger partial charge in [0, 0.05) is 0 Å². The van der Waals surface area contributed by atoms with Crippen molar-refractivity contribution in [3.05, 3.63) is 59.2 Å². The Morgan fingerprint density at radius 1 is 0.321 bits per heavy atom. The van der Waals surface area contributed by atoms with E-state index in [0.29, 0.717) is 0 Å². The van der Waals surface area contributed by atoms with Crippen molar-refractivity contribution in [2.24, 2.45) is 0 Å². The molecular formula is C22H36Cl2Ru2Te2. The molecule has 0 aromatic rings. The number of hydrogen-bond donors (Lipinski definition) is 0. The van der Waals surface area contributed by atoms with E-state index in [4.69, 9.17) is 0 Å². The molecule has 0 saturated heterocycles. The third kappa shape index (κ3) is 12.6. The second kappa shape index (κ2) is 23.6. The Kier molecular flexibility index (Phi) is 32.5. The Morgan fingerprint density at radius 2 is 0.357 bits per heavy atom. The zero-order chi connectivity index (χ0) is 23.8. The predicted octanol–water partition coefficient (Wildman–Crippen LogP) is 7.72. The first-order chi connectivity index (χ1) is 13.1. The van der Waals surface area contributed by atoms with E-state index in [1.54, 1.807) is 0 Å². The zero-order valence-electron chi connectivity index (χ0n) is 19.3. The molecule has 0 spiro atoms. The molecule has 2 saturated carbocycles. The fraction of sp³-hybridized carbons (Fsp3) is 0.545. The quantitative estimate of drug-likeness (QED) is 0.220. The monoisotopic (exact) mass is 834 g/mol. The van der Waals surface area contributed by atoms with Gasteiger partial charge in [-0.3, -0.25) is 0 Å². The van der Waals surface area contributed by atoms with Gasteiger partial charge in [-0.25, -0.2) is 0 Å². The summed E-state index contributed by atoms with van der Waals surface area (Å²) in [6.07, 6.45) is 0. The summed E-state index contributed by atoms with van der Waals surface area (Å²) < 4.78 is 0.